The molecule has 0 unspecified atom stereocenters. The van der Waals surface area contributed by atoms with E-state index in [-0.39, 0.29) is 10.9 Å². The van der Waals surface area contributed by atoms with E-state index >= 15 is 0 Å². The molecule has 21 heavy (non-hydrogen) atoms. The van der Waals surface area contributed by atoms with Gasteiger partial charge in [-0.1, -0.05) is 6.07 Å². The SMILES string of the molecule is C[C@H](CC#N)N(C)CCCOc1cccc(S(C)(=O)=O)c1. The maximum absolute atomic E-state index is 11.5. The summed E-state index contributed by atoms with van der Waals surface area (Å²) < 4.78 is 28.5. The molecule has 1 aromatic rings. The van der Waals surface area contributed by atoms with E-state index in [2.05, 4.69) is 11.0 Å². The van der Waals surface area contributed by atoms with Gasteiger partial charge in [0.15, 0.2) is 9.84 Å². The Morgan fingerprint density at radius 2 is 2.14 bits per heavy atom. The highest BCUT2D eigenvalue weighted by Crippen LogP contribution is 2.17. The monoisotopic (exact) mass is 310 g/mol. The third-order valence-corrected chi connectivity index (χ3v) is 4.41. The molecule has 0 bridgehead atoms. The zero-order chi connectivity index (χ0) is 15.9. The molecule has 0 heterocycles. The van der Waals surface area contributed by atoms with Crippen molar-refractivity contribution in [3.8, 4) is 11.8 Å². The van der Waals surface area contributed by atoms with Crippen LogP contribution < -0.4 is 4.74 Å². The van der Waals surface area contributed by atoms with Crippen LogP contribution in [0.15, 0.2) is 29.2 Å². The standard InChI is InChI=1S/C15H22N2O3S/c1-13(8-9-16)17(2)10-5-11-20-14-6-4-7-15(12-14)21(3,18)19/h4,6-7,12-13H,5,8,10-11H2,1-3H3/t13-/m1/s1. The van der Waals surface area contributed by atoms with Crippen molar-refractivity contribution in [2.45, 2.75) is 30.7 Å². The molecule has 1 aromatic carbocycles. The van der Waals surface area contributed by atoms with Crippen molar-refractivity contribution in [3.63, 3.8) is 0 Å². The molecular formula is C15H22N2O3S. The fraction of sp³-hybridized carbons (Fsp3) is 0.533. The van der Waals surface area contributed by atoms with Crippen molar-refractivity contribution in [2.75, 3.05) is 26.5 Å². The Morgan fingerprint density at radius 1 is 1.43 bits per heavy atom. The van der Waals surface area contributed by atoms with Gasteiger partial charge in [-0.15, -0.1) is 0 Å². The first-order valence-corrected chi connectivity index (χ1v) is 8.74. The minimum Gasteiger partial charge on any atom is -0.494 e. The summed E-state index contributed by atoms with van der Waals surface area (Å²) in [5.74, 6) is 0.561. The van der Waals surface area contributed by atoms with E-state index in [4.69, 9.17) is 10.00 Å². The molecule has 0 aliphatic rings. The van der Waals surface area contributed by atoms with Gasteiger partial charge >= 0.3 is 0 Å². The second-order valence-corrected chi connectivity index (χ2v) is 7.16. The van der Waals surface area contributed by atoms with Gasteiger partial charge in [0.1, 0.15) is 5.75 Å². The van der Waals surface area contributed by atoms with Crippen LogP contribution in [-0.2, 0) is 9.84 Å². The van der Waals surface area contributed by atoms with Crippen molar-refractivity contribution in [1.29, 1.82) is 5.26 Å². The zero-order valence-corrected chi connectivity index (χ0v) is 13.6. The first kappa shape index (κ1) is 17.5. The summed E-state index contributed by atoms with van der Waals surface area (Å²) >= 11 is 0. The topological polar surface area (TPSA) is 70.4 Å². The first-order valence-electron chi connectivity index (χ1n) is 6.84. The van der Waals surface area contributed by atoms with Crippen LogP contribution in [-0.4, -0.2) is 45.8 Å². The Bertz CT molecular complexity index is 593. The highest BCUT2D eigenvalue weighted by atomic mass is 32.2. The largest absolute Gasteiger partial charge is 0.494 e. The number of nitrogens with zero attached hydrogens (tertiary/aromatic N) is 2. The average molecular weight is 310 g/mol. The van der Waals surface area contributed by atoms with Gasteiger partial charge in [-0.05, 0) is 38.6 Å². The second-order valence-electron chi connectivity index (χ2n) is 5.14. The Hall–Kier alpha value is -1.58. The van der Waals surface area contributed by atoms with Crippen LogP contribution in [0.1, 0.15) is 19.8 Å². The van der Waals surface area contributed by atoms with Crippen LogP contribution in [0.3, 0.4) is 0 Å². The van der Waals surface area contributed by atoms with Crippen molar-refractivity contribution in [1.82, 2.24) is 4.90 Å². The number of rotatable bonds is 8. The lowest BCUT2D eigenvalue weighted by Gasteiger charge is -2.22. The highest BCUT2D eigenvalue weighted by Gasteiger charge is 2.09. The fourth-order valence-electron chi connectivity index (χ4n) is 1.81. The van der Waals surface area contributed by atoms with Gasteiger partial charge in [-0.3, -0.25) is 0 Å². The summed E-state index contributed by atoms with van der Waals surface area (Å²) in [5.41, 5.74) is 0. The molecule has 1 atom stereocenters. The quantitative estimate of drug-likeness (QED) is 0.688. The smallest absolute Gasteiger partial charge is 0.175 e. The van der Waals surface area contributed by atoms with E-state index in [1.54, 1.807) is 18.2 Å². The Labute approximate surface area is 127 Å². The Kier molecular flexibility index (Phi) is 6.66. The molecule has 0 saturated carbocycles. The molecule has 0 spiro atoms. The van der Waals surface area contributed by atoms with Crippen LogP contribution >= 0.6 is 0 Å². The molecule has 116 valence electrons. The van der Waals surface area contributed by atoms with Gasteiger partial charge in [-0.25, -0.2) is 8.42 Å². The zero-order valence-electron chi connectivity index (χ0n) is 12.7. The van der Waals surface area contributed by atoms with Crippen molar-refractivity contribution in [3.05, 3.63) is 24.3 Å². The summed E-state index contributed by atoms with van der Waals surface area (Å²) in [6, 6.07) is 8.90. The lowest BCUT2D eigenvalue weighted by atomic mass is 10.2. The maximum atomic E-state index is 11.5. The van der Waals surface area contributed by atoms with E-state index < -0.39 is 9.84 Å². The Balaban J connectivity index is 2.42. The molecule has 0 radical (unpaired) electrons. The first-order chi connectivity index (χ1) is 9.84. The molecule has 0 aliphatic carbocycles. The van der Waals surface area contributed by atoms with Crippen LogP contribution in [0.25, 0.3) is 0 Å². The van der Waals surface area contributed by atoms with E-state index in [1.165, 1.54) is 12.3 Å². The predicted molar refractivity (Wildman–Crippen MR) is 82.0 cm³/mol. The number of ether oxygens (including phenoxy) is 1. The highest BCUT2D eigenvalue weighted by molar-refractivity contribution is 7.90. The Morgan fingerprint density at radius 3 is 2.76 bits per heavy atom. The minimum atomic E-state index is -3.21. The van der Waals surface area contributed by atoms with E-state index in [1.807, 2.05) is 14.0 Å². The van der Waals surface area contributed by atoms with Gasteiger partial charge in [0, 0.05) is 18.8 Å². The number of nitriles is 1. The second kappa shape index (κ2) is 8.01. The van der Waals surface area contributed by atoms with Crippen LogP contribution in [0, 0.1) is 11.3 Å². The predicted octanol–water partition coefficient (Wildman–Crippen LogP) is 2.09. The van der Waals surface area contributed by atoms with Gasteiger partial charge in [0.2, 0.25) is 0 Å². The summed E-state index contributed by atoms with van der Waals surface area (Å²) in [5, 5.41) is 8.65. The molecule has 0 aromatic heterocycles. The third kappa shape index (κ3) is 6.15. The molecule has 1 rings (SSSR count). The number of benzene rings is 1. The molecule has 0 fully saturated rings. The fourth-order valence-corrected chi connectivity index (χ4v) is 2.46. The lowest BCUT2D eigenvalue weighted by molar-refractivity contribution is 0.226. The van der Waals surface area contributed by atoms with Crippen LogP contribution in [0.5, 0.6) is 5.75 Å². The number of hydrogen-bond acceptors (Lipinski definition) is 5. The summed E-state index contributed by atoms with van der Waals surface area (Å²) in [4.78, 5) is 2.37. The van der Waals surface area contributed by atoms with Gasteiger partial charge in [0.05, 0.1) is 24.0 Å². The van der Waals surface area contributed by atoms with Crippen LogP contribution in [0.4, 0.5) is 0 Å². The molecule has 5 nitrogen and oxygen atoms in total. The average Bonchev–Trinajstić information content (AvgIpc) is 2.43. The number of hydrogen-bond donors (Lipinski definition) is 0. The molecular weight excluding hydrogens is 288 g/mol. The molecule has 0 saturated heterocycles. The van der Waals surface area contributed by atoms with Gasteiger partial charge in [0.25, 0.3) is 0 Å². The molecule has 0 N–H and O–H groups in total. The van der Waals surface area contributed by atoms with Crippen molar-refractivity contribution in [2.24, 2.45) is 0 Å². The molecule has 0 aliphatic heterocycles. The summed E-state index contributed by atoms with van der Waals surface area (Å²) in [7, 11) is -1.23. The minimum absolute atomic E-state index is 0.226. The lowest BCUT2D eigenvalue weighted by Crippen LogP contribution is -2.30. The van der Waals surface area contributed by atoms with Crippen LogP contribution in [0.2, 0.25) is 0 Å². The summed E-state index contributed by atoms with van der Waals surface area (Å²) in [6.07, 6.45) is 2.50. The van der Waals surface area contributed by atoms with Gasteiger partial charge < -0.3 is 9.64 Å². The van der Waals surface area contributed by atoms with E-state index in [9.17, 15) is 8.42 Å². The van der Waals surface area contributed by atoms with E-state index in [0.29, 0.717) is 18.8 Å². The normalized spacial score (nSPS) is 12.9. The van der Waals surface area contributed by atoms with Crippen molar-refractivity contribution < 1.29 is 13.2 Å². The van der Waals surface area contributed by atoms with E-state index in [0.717, 1.165) is 13.0 Å². The molecule has 6 heteroatoms. The third-order valence-electron chi connectivity index (χ3n) is 3.30. The number of sulfone groups is 1. The van der Waals surface area contributed by atoms with Gasteiger partial charge in [-0.2, -0.15) is 5.26 Å². The maximum Gasteiger partial charge on any atom is 0.175 e. The summed E-state index contributed by atoms with van der Waals surface area (Å²) in [6.45, 7) is 3.35. The molecule has 0 amide bonds. The van der Waals surface area contributed by atoms with Crippen molar-refractivity contribution >= 4 is 9.84 Å².